The third-order valence-electron chi connectivity index (χ3n) is 2.45. The van der Waals surface area contributed by atoms with Gasteiger partial charge in [-0.25, -0.2) is 14.3 Å². The van der Waals surface area contributed by atoms with Gasteiger partial charge in [-0.15, -0.1) is 0 Å². The topological polar surface area (TPSA) is 87.5 Å². The van der Waals surface area contributed by atoms with Crippen molar-refractivity contribution in [2.75, 3.05) is 0 Å². The van der Waals surface area contributed by atoms with Gasteiger partial charge in [-0.1, -0.05) is 20.8 Å². The summed E-state index contributed by atoms with van der Waals surface area (Å²) in [7, 11) is 0. The number of aromatic nitrogens is 3. The molecule has 6 heteroatoms. The molecule has 0 spiro atoms. The summed E-state index contributed by atoms with van der Waals surface area (Å²) < 4.78 is 1.12. The number of nitrogens with one attached hydrogen (secondary N) is 1. The first-order valence-corrected chi connectivity index (χ1v) is 5.15. The molecule has 0 bridgehead atoms. The van der Waals surface area contributed by atoms with Crippen molar-refractivity contribution in [2.45, 2.75) is 26.2 Å². The molecule has 0 fully saturated rings. The van der Waals surface area contributed by atoms with E-state index in [-0.39, 0.29) is 16.7 Å². The molecule has 0 radical (unpaired) electrons. The van der Waals surface area contributed by atoms with Crippen LogP contribution in [0, 0.1) is 0 Å². The average Bonchev–Trinajstić information content (AvgIpc) is 2.60. The number of H-pyrrole nitrogens is 1. The largest absolute Gasteiger partial charge is 0.477 e. The minimum absolute atomic E-state index is 0.0549. The maximum atomic E-state index is 11.8. The van der Waals surface area contributed by atoms with Gasteiger partial charge in [-0.2, -0.15) is 0 Å². The number of fused-ring (bicyclic) bond motifs is 1. The van der Waals surface area contributed by atoms with Crippen LogP contribution in [0.3, 0.4) is 0 Å². The summed E-state index contributed by atoms with van der Waals surface area (Å²) in [4.78, 5) is 26.8. The van der Waals surface area contributed by atoms with E-state index in [0.29, 0.717) is 11.3 Å². The first-order chi connectivity index (χ1) is 7.79. The fourth-order valence-corrected chi connectivity index (χ4v) is 1.48. The van der Waals surface area contributed by atoms with Crippen molar-refractivity contribution in [3.63, 3.8) is 0 Å². The molecule has 0 aliphatic rings. The van der Waals surface area contributed by atoms with Crippen molar-refractivity contribution < 1.29 is 9.90 Å². The zero-order valence-corrected chi connectivity index (χ0v) is 9.81. The molecule has 0 saturated carbocycles. The number of hydrogen-bond donors (Lipinski definition) is 2. The lowest BCUT2D eigenvalue weighted by Crippen LogP contribution is -2.22. The van der Waals surface area contributed by atoms with E-state index in [1.807, 2.05) is 20.8 Å². The number of nitrogens with zero attached hydrogens (tertiary/aromatic N) is 2. The lowest BCUT2D eigenvalue weighted by molar-refractivity contribution is 0.0690. The Morgan fingerprint density at radius 3 is 2.59 bits per heavy atom. The second-order valence-corrected chi connectivity index (χ2v) is 4.90. The van der Waals surface area contributed by atoms with Gasteiger partial charge in [0.1, 0.15) is 5.69 Å². The molecule has 2 rings (SSSR count). The van der Waals surface area contributed by atoms with Gasteiger partial charge in [0.05, 0.1) is 5.69 Å². The summed E-state index contributed by atoms with van der Waals surface area (Å²) in [6.45, 7) is 5.82. The van der Waals surface area contributed by atoms with E-state index >= 15 is 0 Å². The molecule has 0 unspecified atom stereocenters. The maximum Gasteiger partial charge on any atom is 0.353 e. The van der Waals surface area contributed by atoms with Crippen LogP contribution in [0.1, 0.15) is 37.0 Å². The van der Waals surface area contributed by atoms with Crippen LogP contribution < -0.4 is 5.56 Å². The molecule has 90 valence electrons. The van der Waals surface area contributed by atoms with Crippen molar-refractivity contribution >= 4 is 11.6 Å². The molecule has 2 N–H and O–H groups in total. The smallest absolute Gasteiger partial charge is 0.353 e. The van der Waals surface area contributed by atoms with Gasteiger partial charge in [-0.3, -0.25) is 9.89 Å². The third-order valence-corrected chi connectivity index (χ3v) is 2.45. The highest BCUT2D eigenvalue weighted by molar-refractivity contribution is 5.86. The van der Waals surface area contributed by atoms with Crippen molar-refractivity contribution in [2.24, 2.45) is 0 Å². The molecule has 0 aliphatic heterocycles. The molecular formula is C11H13N3O3. The van der Waals surface area contributed by atoms with Crippen LogP contribution in [-0.4, -0.2) is 25.7 Å². The third kappa shape index (κ3) is 1.93. The van der Waals surface area contributed by atoms with Crippen LogP contribution in [-0.2, 0) is 5.41 Å². The molecule has 0 amide bonds. The summed E-state index contributed by atoms with van der Waals surface area (Å²) >= 11 is 0. The van der Waals surface area contributed by atoms with Gasteiger partial charge in [-0.05, 0) is 0 Å². The predicted octanol–water partition coefficient (Wildman–Crippen LogP) is 1.02. The first-order valence-electron chi connectivity index (χ1n) is 5.15. The van der Waals surface area contributed by atoms with Gasteiger partial charge < -0.3 is 5.11 Å². The maximum absolute atomic E-state index is 11.8. The number of aromatic carboxylic acids is 1. The second-order valence-electron chi connectivity index (χ2n) is 4.90. The van der Waals surface area contributed by atoms with E-state index in [1.54, 1.807) is 0 Å². The standard InChI is InChI=1S/C11H13N3O3/c1-11(2,3)7-5-9(15)14-8(12-7)4-6(13-14)10(16)17/h4-5,13H,1-3H3,(H,16,17). The zero-order chi connectivity index (χ0) is 12.8. The lowest BCUT2D eigenvalue weighted by atomic mass is 9.92. The molecule has 0 aromatic carbocycles. The van der Waals surface area contributed by atoms with Crippen LogP contribution in [0.25, 0.3) is 5.65 Å². The number of hydrogen-bond acceptors (Lipinski definition) is 3. The highest BCUT2D eigenvalue weighted by atomic mass is 16.4. The van der Waals surface area contributed by atoms with Crippen LogP contribution in [0.2, 0.25) is 0 Å². The van der Waals surface area contributed by atoms with Crippen molar-refractivity contribution in [3.8, 4) is 0 Å². The Kier molecular flexibility index (Phi) is 2.30. The number of rotatable bonds is 1. The first kappa shape index (κ1) is 11.4. The van der Waals surface area contributed by atoms with Gasteiger partial charge in [0.25, 0.3) is 5.56 Å². The number of carboxylic acid groups (broad SMARTS) is 1. The Hall–Kier alpha value is -2.11. The fraction of sp³-hybridized carbons (Fsp3) is 0.364. The number of carbonyl (C=O) groups is 1. The Morgan fingerprint density at radius 1 is 1.41 bits per heavy atom. The van der Waals surface area contributed by atoms with E-state index in [0.717, 1.165) is 4.52 Å². The Bertz CT molecular complexity index is 646. The van der Waals surface area contributed by atoms with Crippen LogP contribution >= 0.6 is 0 Å². The molecule has 6 nitrogen and oxygen atoms in total. The van der Waals surface area contributed by atoms with Gasteiger partial charge in [0, 0.05) is 17.5 Å². The fourth-order valence-electron chi connectivity index (χ4n) is 1.48. The number of aromatic amines is 1. The molecule has 2 aromatic rings. The minimum Gasteiger partial charge on any atom is -0.477 e. The summed E-state index contributed by atoms with van der Waals surface area (Å²) in [6.07, 6.45) is 0. The molecule has 0 saturated heterocycles. The summed E-state index contributed by atoms with van der Waals surface area (Å²) in [5, 5.41) is 11.3. The van der Waals surface area contributed by atoms with E-state index in [1.165, 1.54) is 12.1 Å². The molecule has 0 atom stereocenters. The van der Waals surface area contributed by atoms with E-state index in [4.69, 9.17) is 5.11 Å². The highest BCUT2D eigenvalue weighted by Gasteiger charge is 2.18. The monoisotopic (exact) mass is 235 g/mol. The van der Waals surface area contributed by atoms with Gasteiger partial charge in [0.15, 0.2) is 5.65 Å². The van der Waals surface area contributed by atoms with Crippen LogP contribution in [0.15, 0.2) is 16.9 Å². The van der Waals surface area contributed by atoms with Crippen LogP contribution in [0.4, 0.5) is 0 Å². The second kappa shape index (κ2) is 3.44. The van der Waals surface area contributed by atoms with E-state index < -0.39 is 5.97 Å². The zero-order valence-electron chi connectivity index (χ0n) is 9.81. The van der Waals surface area contributed by atoms with Crippen molar-refractivity contribution in [1.82, 2.24) is 14.6 Å². The van der Waals surface area contributed by atoms with Crippen molar-refractivity contribution in [3.05, 3.63) is 33.9 Å². The molecule has 2 aromatic heterocycles. The van der Waals surface area contributed by atoms with Gasteiger partial charge >= 0.3 is 5.97 Å². The summed E-state index contributed by atoms with van der Waals surface area (Å²) in [5.41, 5.74) is 0.334. The lowest BCUT2D eigenvalue weighted by Gasteiger charge is -2.16. The van der Waals surface area contributed by atoms with Crippen molar-refractivity contribution in [1.29, 1.82) is 0 Å². The van der Waals surface area contributed by atoms with E-state index in [9.17, 15) is 9.59 Å². The number of carboxylic acids is 1. The average molecular weight is 235 g/mol. The molecule has 2 heterocycles. The Labute approximate surface area is 96.9 Å². The highest BCUT2D eigenvalue weighted by Crippen LogP contribution is 2.19. The Morgan fingerprint density at radius 2 is 2.06 bits per heavy atom. The quantitative estimate of drug-likeness (QED) is 0.772. The summed E-state index contributed by atoms with van der Waals surface area (Å²) in [6, 6.07) is 2.76. The predicted molar refractivity (Wildman–Crippen MR) is 61.5 cm³/mol. The summed E-state index contributed by atoms with van der Waals surface area (Å²) in [5.74, 6) is -1.12. The Balaban J connectivity index is 2.74. The molecular weight excluding hydrogens is 222 g/mol. The normalized spacial score (nSPS) is 11.9. The molecule has 17 heavy (non-hydrogen) atoms. The minimum atomic E-state index is -1.12. The SMILES string of the molecule is CC(C)(C)c1cc(=O)n2[nH]c(C(=O)O)cc2n1. The van der Waals surface area contributed by atoms with Crippen LogP contribution in [0.5, 0.6) is 0 Å². The van der Waals surface area contributed by atoms with Gasteiger partial charge in [0.2, 0.25) is 0 Å². The van der Waals surface area contributed by atoms with E-state index in [2.05, 4.69) is 10.1 Å². The molecule has 0 aliphatic carbocycles.